The number of nitrogens with one attached hydrogen (secondary N) is 1. The van der Waals surface area contributed by atoms with Crippen LogP contribution in [-0.4, -0.2) is 11.9 Å². The van der Waals surface area contributed by atoms with Crippen LogP contribution in [0, 0.1) is 5.82 Å². The Morgan fingerprint density at radius 2 is 1.87 bits per heavy atom. The van der Waals surface area contributed by atoms with Gasteiger partial charge >= 0.3 is 0 Å². The lowest BCUT2D eigenvalue weighted by Gasteiger charge is -2.20. The monoisotopic (exact) mass is 441 g/mol. The van der Waals surface area contributed by atoms with Gasteiger partial charge in [-0.25, -0.2) is 4.39 Å². The van der Waals surface area contributed by atoms with Crippen molar-refractivity contribution in [2.45, 2.75) is 25.0 Å². The summed E-state index contributed by atoms with van der Waals surface area (Å²) in [6.07, 6.45) is 1.15. The van der Waals surface area contributed by atoms with Gasteiger partial charge in [-0.15, -0.1) is 0 Å². The first-order valence-corrected chi connectivity index (χ1v) is 8.79. The third kappa shape index (κ3) is 4.32. The molecule has 0 spiro atoms. The molecule has 0 heterocycles. The first kappa shape index (κ1) is 16.5. The van der Waals surface area contributed by atoms with Gasteiger partial charge in [-0.05, 0) is 59.1 Å². The van der Waals surface area contributed by atoms with Crippen molar-refractivity contribution in [2.24, 2.45) is 0 Å². The van der Waals surface area contributed by atoms with Gasteiger partial charge in [-0.3, -0.25) is 4.79 Å². The molecule has 6 heteroatoms. The Hall–Kier alpha value is -1.40. The molecular weight excluding hydrogens is 429 g/mol. The molecule has 0 aromatic heterocycles. The lowest BCUT2D eigenvalue weighted by molar-refractivity contribution is -0.128. The summed E-state index contributed by atoms with van der Waals surface area (Å²) in [5.41, 5.74) is 0.611. The molecule has 1 aliphatic rings. The van der Waals surface area contributed by atoms with Crippen LogP contribution >= 0.6 is 31.9 Å². The van der Waals surface area contributed by atoms with E-state index in [1.165, 1.54) is 12.1 Å². The second-order valence-corrected chi connectivity index (χ2v) is 7.18. The molecular formula is C17H14Br2FNO2. The summed E-state index contributed by atoms with van der Waals surface area (Å²) >= 11 is 6.80. The average Bonchev–Trinajstić information content (AvgIpc) is 3.31. The summed E-state index contributed by atoms with van der Waals surface area (Å²) in [6.45, 7) is 0. The fourth-order valence-electron chi connectivity index (χ4n) is 2.11. The van der Waals surface area contributed by atoms with Crippen molar-refractivity contribution in [3.05, 3.63) is 62.8 Å². The second kappa shape index (κ2) is 7.01. The fourth-order valence-corrected chi connectivity index (χ4v) is 3.25. The van der Waals surface area contributed by atoms with Gasteiger partial charge in [-0.2, -0.15) is 0 Å². The summed E-state index contributed by atoms with van der Waals surface area (Å²) in [5.74, 6) is -0.0117. The van der Waals surface area contributed by atoms with E-state index >= 15 is 0 Å². The predicted molar refractivity (Wildman–Crippen MR) is 92.8 cm³/mol. The van der Waals surface area contributed by atoms with E-state index in [4.69, 9.17) is 4.74 Å². The van der Waals surface area contributed by atoms with Gasteiger partial charge in [0.25, 0.3) is 5.91 Å². The molecule has 23 heavy (non-hydrogen) atoms. The standard InChI is InChI=1S/C17H14Br2FNO2/c18-11-3-8-15(14(19)9-11)23-16(17(22)21-13-6-7-13)10-1-4-12(20)5-2-10/h1-5,8-9,13,16H,6-7H2,(H,21,22). The highest BCUT2D eigenvalue weighted by atomic mass is 79.9. The number of carbonyl (C=O) groups excluding carboxylic acids is 1. The minimum absolute atomic E-state index is 0.214. The smallest absolute Gasteiger partial charge is 0.266 e. The zero-order valence-electron chi connectivity index (χ0n) is 12.1. The molecule has 0 radical (unpaired) electrons. The Balaban J connectivity index is 1.87. The van der Waals surface area contributed by atoms with Crippen molar-refractivity contribution in [3.63, 3.8) is 0 Å². The first-order valence-electron chi connectivity index (χ1n) is 7.20. The summed E-state index contributed by atoms with van der Waals surface area (Å²) in [5, 5.41) is 2.94. The summed E-state index contributed by atoms with van der Waals surface area (Å²) in [4.78, 5) is 12.5. The Labute approximate surface area is 150 Å². The quantitative estimate of drug-likeness (QED) is 0.725. The van der Waals surface area contributed by atoms with E-state index in [0.717, 1.165) is 21.8 Å². The highest BCUT2D eigenvalue weighted by Crippen LogP contribution is 2.32. The van der Waals surface area contributed by atoms with Crippen LogP contribution in [0.15, 0.2) is 51.4 Å². The zero-order chi connectivity index (χ0) is 16.4. The molecule has 3 nitrogen and oxygen atoms in total. The lowest BCUT2D eigenvalue weighted by atomic mass is 10.1. The van der Waals surface area contributed by atoms with Crippen LogP contribution in [0.4, 0.5) is 4.39 Å². The number of rotatable bonds is 5. The van der Waals surface area contributed by atoms with Gasteiger partial charge in [0, 0.05) is 16.1 Å². The highest BCUT2D eigenvalue weighted by Gasteiger charge is 2.30. The number of hydrogen-bond donors (Lipinski definition) is 1. The van der Waals surface area contributed by atoms with E-state index in [9.17, 15) is 9.18 Å². The summed E-state index contributed by atoms with van der Waals surface area (Å²) in [6, 6.07) is 11.5. The molecule has 0 aliphatic heterocycles. The van der Waals surface area contributed by atoms with E-state index in [1.54, 1.807) is 18.2 Å². The van der Waals surface area contributed by atoms with Gasteiger partial charge in [-0.1, -0.05) is 28.1 Å². The molecule has 2 aromatic rings. The minimum Gasteiger partial charge on any atom is -0.475 e. The lowest BCUT2D eigenvalue weighted by Crippen LogP contribution is -2.33. The Kier molecular flexibility index (Phi) is 5.02. The normalized spacial score (nSPS) is 15.1. The van der Waals surface area contributed by atoms with Crippen LogP contribution in [0.5, 0.6) is 5.75 Å². The number of hydrogen-bond acceptors (Lipinski definition) is 2. The fraction of sp³-hybridized carbons (Fsp3) is 0.235. The predicted octanol–water partition coefficient (Wildman–Crippen LogP) is 4.75. The maximum Gasteiger partial charge on any atom is 0.266 e. The van der Waals surface area contributed by atoms with Crippen molar-refractivity contribution >= 4 is 37.8 Å². The van der Waals surface area contributed by atoms with Gasteiger partial charge in [0.2, 0.25) is 6.10 Å². The molecule has 120 valence electrons. The van der Waals surface area contributed by atoms with E-state index in [0.29, 0.717) is 11.3 Å². The molecule has 3 rings (SSSR count). The zero-order valence-corrected chi connectivity index (χ0v) is 15.2. The van der Waals surface area contributed by atoms with Crippen LogP contribution in [0.1, 0.15) is 24.5 Å². The SMILES string of the molecule is O=C(NC1CC1)C(Oc1ccc(Br)cc1Br)c1ccc(F)cc1. The molecule has 1 fully saturated rings. The molecule has 1 amide bonds. The van der Waals surface area contributed by atoms with E-state index in [2.05, 4.69) is 37.2 Å². The Morgan fingerprint density at radius 1 is 1.17 bits per heavy atom. The molecule has 0 saturated heterocycles. The maximum atomic E-state index is 13.2. The maximum absolute atomic E-state index is 13.2. The number of ether oxygens (including phenoxy) is 1. The van der Waals surface area contributed by atoms with Gasteiger partial charge in [0.1, 0.15) is 11.6 Å². The van der Waals surface area contributed by atoms with Crippen LogP contribution < -0.4 is 10.1 Å². The van der Waals surface area contributed by atoms with Crippen molar-refractivity contribution in [3.8, 4) is 5.75 Å². The topological polar surface area (TPSA) is 38.3 Å². The molecule has 2 aromatic carbocycles. The van der Waals surface area contributed by atoms with Crippen molar-refractivity contribution < 1.29 is 13.9 Å². The molecule has 1 aliphatic carbocycles. The van der Waals surface area contributed by atoms with E-state index < -0.39 is 6.10 Å². The van der Waals surface area contributed by atoms with Crippen LogP contribution in [-0.2, 0) is 4.79 Å². The van der Waals surface area contributed by atoms with Crippen LogP contribution in [0.2, 0.25) is 0 Å². The first-order chi connectivity index (χ1) is 11.0. The third-order valence-electron chi connectivity index (χ3n) is 3.47. The molecule has 1 saturated carbocycles. The van der Waals surface area contributed by atoms with Crippen molar-refractivity contribution in [2.75, 3.05) is 0 Å². The van der Waals surface area contributed by atoms with Gasteiger partial charge < -0.3 is 10.1 Å². The molecule has 0 bridgehead atoms. The highest BCUT2D eigenvalue weighted by molar-refractivity contribution is 9.11. The second-order valence-electron chi connectivity index (χ2n) is 5.41. The van der Waals surface area contributed by atoms with E-state index in [-0.39, 0.29) is 17.8 Å². The number of benzene rings is 2. The summed E-state index contributed by atoms with van der Waals surface area (Å²) in [7, 11) is 0. The molecule has 1 atom stereocenters. The summed E-state index contributed by atoms with van der Waals surface area (Å²) < 4.78 is 20.7. The van der Waals surface area contributed by atoms with Crippen molar-refractivity contribution in [1.29, 1.82) is 0 Å². The third-order valence-corrected chi connectivity index (χ3v) is 4.59. The van der Waals surface area contributed by atoms with Gasteiger partial charge in [0.05, 0.1) is 4.47 Å². The molecule has 1 unspecified atom stereocenters. The number of halogens is 3. The number of amides is 1. The van der Waals surface area contributed by atoms with Crippen LogP contribution in [0.25, 0.3) is 0 Å². The van der Waals surface area contributed by atoms with Gasteiger partial charge in [0.15, 0.2) is 0 Å². The number of carbonyl (C=O) groups is 1. The average molecular weight is 443 g/mol. The van der Waals surface area contributed by atoms with Crippen LogP contribution in [0.3, 0.4) is 0 Å². The Bertz CT molecular complexity index is 717. The van der Waals surface area contributed by atoms with Crippen molar-refractivity contribution in [1.82, 2.24) is 5.32 Å². The largest absolute Gasteiger partial charge is 0.475 e. The molecule has 1 N–H and O–H groups in total. The van der Waals surface area contributed by atoms with E-state index in [1.807, 2.05) is 12.1 Å². The Morgan fingerprint density at radius 3 is 2.48 bits per heavy atom. The minimum atomic E-state index is -0.825.